The summed E-state index contributed by atoms with van der Waals surface area (Å²) in [5.41, 5.74) is 1.42. The fourth-order valence-corrected chi connectivity index (χ4v) is 3.99. The third-order valence-electron chi connectivity index (χ3n) is 4.03. The zero-order valence-corrected chi connectivity index (χ0v) is 15.4. The predicted molar refractivity (Wildman–Crippen MR) is 104 cm³/mol. The number of fused-ring (bicyclic) bond motifs is 1. The highest BCUT2D eigenvalue weighted by atomic mass is 32.2. The lowest BCUT2D eigenvalue weighted by Crippen LogP contribution is -2.27. The van der Waals surface area contributed by atoms with E-state index >= 15 is 0 Å². The van der Waals surface area contributed by atoms with Crippen LogP contribution in [0.3, 0.4) is 0 Å². The SMILES string of the molecule is O=C1C(=Cc2cccc([N+](=O)[O-])c2)SC(=S)N1Cc1ccc2c(c1)OCO2. The summed E-state index contributed by atoms with van der Waals surface area (Å²) in [4.78, 5) is 25.1. The van der Waals surface area contributed by atoms with Crippen LogP contribution in [-0.2, 0) is 11.3 Å². The Balaban J connectivity index is 1.55. The van der Waals surface area contributed by atoms with Crippen molar-refractivity contribution in [1.82, 2.24) is 4.90 Å². The van der Waals surface area contributed by atoms with Crippen molar-refractivity contribution < 1.29 is 19.2 Å². The number of carbonyl (C=O) groups excluding carboxylic acids is 1. The quantitative estimate of drug-likeness (QED) is 0.335. The highest BCUT2D eigenvalue weighted by Gasteiger charge is 2.32. The smallest absolute Gasteiger partial charge is 0.270 e. The van der Waals surface area contributed by atoms with Crippen LogP contribution in [0.25, 0.3) is 6.08 Å². The highest BCUT2D eigenvalue weighted by Crippen LogP contribution is 2.36. The first-order valence-electron chi connectivity index (χ1n) is 7.89. The Bertz CT molecular complexity index is 1000. The first-order valence-corrected chi connectivity index (χ1v) is 9.12. The second-order valence-corrected chi connectivity index (χ2v) is 7.48. The number of rotatable bonds is 4. The summed E-state index contributed by atoms with van der Waals surface area (Å²) in [7, 11) is 0. The van der Waals surface area contributed by atoms with Crippen LogP contribution in [-0.4, -0.2) is 26.8 Å². The van der Waals surface area contributed by atoms with Crippen LogP contribution in [0.15, 0.2) is 47.4 Å². The molecule has 2 aromatic rings. The van der Waals surface area contributed by atoms with Crippen molar-refractivity contribution in [2.24, 2.45) is 0 Å². The van der Waals surface area contributed by atoms with Gasteiger partial charge in [-0.1, -0.05) is 42.2 Å². The van der Waals surface area contributed by atoms with Gasteiger partial charge >= 0.3 is 0 Å². The van der Waals surface area contributed by atoms with Crippen LogP contribution in [0.1, 0.15) is 11.1 Å². The monoisotopic (exact) mass is 400 g/mol. The van der Waals surface area contributed by atoms with Gasteiger partial charge < -0.3 is 9.47 Å². The first-order chi connectivity index (χ1) is 13.0. The summed E-state index contributed by atoms with van der Waals surface area (Å²) in [6.07, 6.45) is 1.62. The molecule has 1 amide bonds. The van der Waals surface area contributed by atoms with Crippen molar-refractivity contribution in [2.75, 3.05) is 6.79 Å². The molecule has 2 aliphatic heterocycles. The Hall–Kier alpha value is -2.91. The van der Waals surface area contributed by atoms with Gasteiger partial charge in [-0.05, 0) is 29.3 Å². The van der Waals surface area contributed by atoms with E-state index in [1.807, 2.05) is 12.1 Å². The number of nitro groups is 1. The van der Waals surface area contributed by atoms with Crippen molar-refractivity contribution >= 4 is 46.0 Å². The van der Waals surface area contributed by atoms with Crippen LogP contribution in [0.4, 0.5) is 5.69 Å². The lowest BCUT2D eigenvalue weighted by atomic mass is 10.1. The molecule has 0 atom stereocenters. The number of ether oxygens (including phenoxy) is 2. The van der Waals surface area contributed by atoms with Crippen molar-refractivity contribution in [3.05, 3.63) is 68.6 Å². The average Bonchev–Trinajstić information content (AvgIpc) is 3.22. The normalized spacial score (nSPS) is 17.0. The lowest BCUT2D eigenvalue weighted by Gasteiger charge is -2.14. The molecule has 0 N–H and O–H groups in total. The zero-order valence-electron chi connectivity index (χ0n) is 13.8. The summed E-state index contributed by atoms with van der Waals surface area (Å²) in [5, 5.41) is 10.9. The number of nitrogens with zero attached hydrogens (tertiary/aromatic N) is 2. The van der Waals surface area contributed by atoms with Crippen molar-refractivity contribution in [1.29, 1.82) is 0 Å². The number of benzene rings is 2. The Morgan fingerprint density at radius 2 is 2.04 bits per heavy atom. The number of thiocarbonyl (C=S) groups is 1. The van der Waals surface area contributed by atoms with Gasteiger partial charge in [-0.25, -0.2) is 0 Å². The summed E-state index contributed by atoms with van der Waals surface area (Å²) in [5.74, 6) is 1.09. The van der Waals surface area contributed by atoms with Gasteiger partial charge in [-0.3, -0.25) is 19.8 Å². The third-order valence-corrected chi connectivity index (χ3v) is 5.41. The number of hydrogen-bond donors (Lipinski definition) is 0. The van der Waals surface area contributed by atoms with E-state index in [4.69, 9.17) is 21.7 Å². The van der Waals surface area contributed by atoms with Gasteiger partial charge in [0, 0.05) is 12.1 Å². The molecule has 0 aliphatic carbocycles. The highest BCUT2D eigenvalue weighted by molar-refractivity contribution is 8.26. The minimum absolute atomic E-state index is 0.0282. The van der Waals surface area contributed by atoms with E-state index in [1.54, 1.807) is 24.3 Å². The van der Waals surface area contributed by atoms with E-state index < -0.39 is 4.92 Å². The number of amides is 1. The van der Waals surface area contributed by atoms with Gasteiger partial charge in [-0.2, -0.15) is 0 Å². The standard InChI is InChI=1S/C18H12N2O5S2/c21-17-16(8-11-2-1-3-13(6-11)20(22)23)27-18(26)19(17)9-12-4-5-14-15(7-12)25-10-24-14/h1-8H,9-10H2. The van der Waals surface area contributed by atoms with Crippen LogP contribution < -0.4 is 9.47 Å². The van der Waals surface area contributed by atoms with Crippen LogP contribution >= 0.6 is 24.0 Å². The molecule has 0 unspecified atom stereocenters. The fraction of sp³-hybridized carbons (Fsp3) is 0.111. The van der Waals surface area contributed by atoms with Gasteiger partial charge in [0.25, 0.3) is 11.6 Å². The number of thioether (sulfide) groups is 1. The molecule has 7 nitrogen and oxygen atoms in total. The molecule has 136 valence electrons. The van der Waals surface area contributed by atoms with E-state index in [2.05, 4.69) is 0 Å². The van der Waals surface area contributed by atoms with E-state index in [0.717, 1.165) is 5.56 Å². The van der Waals surface area contributed by atoms with Gasteiger partial charge in [0.1, 0.15) is 4.32 Å². The van der Waals surface area contributed by atoms with Gasteiger partial charge in [-0.15, -0.1) is 0 Å². The molecule has 2 aromatic carbocycles. The molecular weight excluding hydrogens is 388 g/mol. The van der Waals surface area contributed by atoms with E-state index in [-0.39, 0.29) is 18.4 Å². The average molecular weight is 400 g/mol. The molecule has 4 rings (SSSR count). The number of nitro benzene ring substituents is 1. The van der Waals surface area contributed by atoms with Crippen molar-refractivity contribution in [2.45, 2.75) is 6.54 Å². The topological polar surface area (TPSA) is 81.9 Å². The molecule has 1 fully saturated rings. The molecule has 2 heterocycles. The molecule has 0 aromatic heterocycles. The Morgan fingerprint density at radius 1 is 1.22 bits per heavy atom. The minimum Gasteiger partial charge on any atom is -0.454 e. The minimum atomic E-state index is -0.470. The maximum absolute atomic E-state index is 12.7. The fourth-order valence-electron chi connectivity index (χ4n) is 2.74. The molecule has 0 bridgehead atoms. The molecule has 1 saturated heterocycles. The second-order valence-electron chi connectivity index (χ2n) is 5.81. The number of hydrogen-bond acceptors (Lipinski definition) is 7. The van der Waals surface area contributed by atoms with Crippen molar-refractivity contribution in [3.8, 4) is 11.5 Å². The molecule has 0 spiro atoms. The van der Waals surface area contributed by atoms with E-state index in [1.165, 1.54) is 28.8 Å². The number of non-ortho nitro benzene ring substituents is 1. The zero-order chi connectivity index (χ0) is 19.0. The van der Waals surface area contributed by atoms with Crippen LogP contribution in [0, 0.1) is 10.1 Å². The molecule has 9 heteroatoms. The maximum Gasteiger partial charge on any atom is 0.270 e. The first kappa shape index (κ1) is 17.5. The third kappa shape index (κ3) is 3.51. The number of carbonyl (C=O) groups is 1. The maximum atomic E-state index is 12.7. The second kappa shape index (κ2) is 7.01. The Morgan fingerprint density at radius 3 is 2.85 bits per heavy atom. The van der Waals surface area contributed by atoms with Crippen LogP contribution in [0.2, 0.25) is 0 Å². The summed E-state index contributed by atoms with van der Waals surface area (Å²) in [6, 6.07) is 11.6. The van der Waals surface area contributed by atoms with Crippen molar-refractivity contribution in [3.63, 3.8) is 0 Å². The van der Waals surface area contributed by atoms with Gasteiger partial charge in [0.2, 0.25) is 6.79 Å². The lowest BCUT2D eigenvalue weighted by molar-refractivity contribution is -0.384. The summed E-state index contributed by atoms with van der Waals surface area (Å²) >= 11 is 6.52. The molecule has 2 aliphatic rings. The molecule has 0 saturated carbocycles. The van der Waals surface area contributed by atoms with E-state index in [9.17, 15) is 14.9 Å². The van der Waals surface area contributed by atoms with E-state index in [0.29, 0.717) is 32.8 Å². The molecule has 0 radical (unpaired) electrons. The Kier molecular flexibility index (Phi) is 4.54. The van der Waals surface area contributed by atoms with Crippen LogP contribution in [0.5, 0.6) is 11.5 Å². The molecule has 27 heavy (non-hydrogen) atoms. The van der Waals surface area contributed by atoms with Gasteiger partial charge in [0.05, 0.1) is 16.4 Å². The predicted octanol–water partition coefficient (Wildman–Crippen LogP) is 3.72. The summed E-state index contributed by atoms with van der Waals surface area (Å²) < 4.78 is 11.1. The molecular formula is C18H12N2O5S2. The Labute approximate surface area is 163 Å². The summed E-state index contributed by atoms with van der Waals surface area (Å²) in [6.45, 7) is 0.499. The largest absolute Gasteiger partial charge is 0.454 e. The van der Waals surface area contributed by atoms with Gasteiger partial charge in [0.15, 0.2) is 11.5 Å².